The van der Waals surface area contributed by atoms with Crippen LogP contribution in [0.1, 0.15) is 11.3 Å². The Balaban J connectivity index is 1.58. The van der Waals surface area contributed by atoms with Crippen LogP contribution in [0.25, 0.3) is 0 Å². The van der Waals surface area contributed by atoms with E-state index in [1.165, 1.54) is 6.07 Å². The first-order valence-electron chi connectivity index (χ1n) is 7.22. The molecular weight excluding hydrogens is 267 g/mol. The molecule has 0 N–H and O–H groups in total. The first-order chi connectivity index (χ1) is 10.2. The smallest absolute Gasteiger partial charge is 0.225 e. The summed E-state index contributed by atoms with van der Waals surface area (Å²) in [5, 5.41) is 0. The minimum absolute atomic E-state index is 0.167. The summed E-state index contributed by atoms with van der Waals surface area (Å²) in [5.41, 5.74) is 2.01. The third kappa shape index (κ3) is 3.55. The highest BCUT2D eigenvalue weighted by molar-refractivity contribution is 5.31. The maximum absolute atomic E-state index is 13.2. The summed E-state index contributed by atoms with van der Waals surface area (Å²) in [6, 6.07) is 8.73. The third-order valence-electron chi connectivity index (χ3n) is 3.73. The van der Waals surface area contributed by atoms with E-state index in [1.807, 2.05) is 19.1 Å². The Hall–Kier alpha value is -2.01. The van der Waals surface area contributed by atoms with Gasteiger partial charge in [0.1, 0.15) is 5.82 Å². The number of nitrogens with zero attached hydrogens (tertiary/aromatic N) is 4. The molecule has 0 amide bonds. The van der Waals surface area contributed by atoms with Gasteiger partial charge in [0.15, 0.2) is 0 Å². The minimum atomic E-state index is -0.167. The number of rotatable bonds is 3. The predicted molar refractivity (Wildman–Crippen MR) is 80.7 cm³/mol. The molecule has 2 heterocycles. The second-order valence-corrected chi connectivity index (χ2v) is 5.39. The number of hydrogen-bond donors (Lipinski definition) is 0. The van der Waals surface area contributed by atoms with Gasteiger partial charge in [-0.1, -0.05) is 12.1 Å². The number of aryl methyl sites for hydroxylation is 1. The van der Waals surface area contributed by atoms with E-state index in [-0.39, 0.29) is 5.82 Å². The zero-order chi connectivity index (χ0) is 14.7. The number of benzene rings is 1. The summed E-state index contributed by atoms with van der Waals surface area (Å²) < 4.78 is 13.2. The standard InChI is InChI=1S/C16H19FN4/c1-13-5-6-18-16(19-13)21-9-7-20(8-10-21)12-14-3-2-4-15(17)11-14/h2-6,11H,7-10,12H2,1H3. The van der Waals surface area contributed by atoms with E-state index < -0.39 is 0 Å². The number of aromatic nitrogens is 2. The lowest BCUT2D eigenvalue weighted by Crippen LogP contribution is -2.46. The fourth-order valence-corrected chi connectivity index (χ4v) is 2.59. The molecule has 1 aromatic heterocycles. The van der Waals surface area contributed by atoms with Crippen LogP contribution in [0.4, 0.5) is 10.3 Å². The molecule has 0 bridgehead atoms. The fraction of sp³-hybridized carbons (Fsp3) is 0.375. The first-order valence-corrected chi connectivity index (χ1v) is 7.22. The van der Waals surface area contributed by atoms with Gasteiger partial charge in [-0.2, -0.15) is 0 Å². The van der Waals surface area contributed by atoms with Crippen LogP contribution < -0.4 is 4.90 Å². The van der Waals surface area contributed by atoms with Crippen LogP contribution in [0.2, 0.25) is 0 Å². The molecule has 1 aliphatic heterocycles. The molecule has 4 nitrogen and oxygen atoms in total. The second-order valence-electron chi connectivity index (χ2n) is 5.39. The molecule has 1 fully saturated rings. The lowest BCUT2D eigenvalue weighted by molar-refractivity contribution is 0.248. The Morgan fingerprint density at radius 1 is 1.14 bits per heavy atom. The van der Waals surface area contributed by atoms with Crippen molar-refractivity contribution in [2.24, 2.45) is 0 Å². The summed E-state index contributed by atoms with van der Waals surface area (Å²) in [6.07, 6.45) is 1.80. The molecule has 1 aromatic carbocycles. The molecule has 110 valence electrons. The largest absolute Gasteiger partial charge is 0.338 e. The van der Waals surface area contributed by atoms with Crippen molar-refractivity contribution in [3.05, 3.63) is 53.6 Å². The van der Waals surface area contributed by atoms with Gasteiger partial charge in [-0.3, -0.25) is 4.90 Å². The SMILES string of the molecule is Cc1ccnc(N2CCN(Cc3cccc(F)c3)CC2)n1. The normalized spacial score (nSPS) is 16.2. The van der Waals surface area contributed by atoms with Gasteiger partial charge in [0.2, 0.25) is 5.95 Å². The molecular formula is C16H19FN4. The summed E-state index contributed by atoms with van der Waals surface area (Å²) in [4.78, 5) is 13.3. The molecule has 5 heteroatoms. The number of anilines is 1. The lowest BCUT2D eigenvalue weighted by atomic mass is 10.2. The first kappa shape index (κ1) is 13.9. The van der Waals surface area contributed by atoms with Gasteiger partial charge < -0.3 is 4.90 Å². The molecule has 0 atom stereocenters. The Bertz CT molecular complexity index is 609. The van der Waals surface area contributed by atoms with Crippen LogP contribution in [0.5, 0.6) is 0 Å². The molecule has 0 aliphatic carbocycles. The van der Waals surface area contributed by atoms with Crippen LogP contribution in [0, 0.1) is 12.7 Å². The monoisotopic (exact) mass is 286 g/mol. The molecule has 3 rings (SSSR count). The zero-order valence-corrected chi connectivity index (χ0v) is 12.2. The van der Waals surface area contributed by atoms with Crippen molar-refractivity contribution >= 4 is 5.95 Å². The number of hydrogen-bond acceptors (Lipinski definition) is 4. The van der Waals surface area contributed by atoms with Crippen molar-refractivity contribution in [1.82, 2.24) is 14.9 Å². The van der Waals surface area contributed by atoms with E-state index in [0.717, 1.165) is 49.9 Å². The van der Waals surface area contributed by atoms with Crippen LogP contribution in [0.3, 0.4) is 0 Å². The van der Waals surface area contributed by atoms with Crippen molar-refractivity contribution in [3.8, 4) is 0 Å². The van der Waals surface area contributed by atoms with E-state index in [1.54, 1.807) is 18.3 Å². The van der Waals surface area contributed by atoms with E-state index in [2.05, 4.69) is 19.8 Å². The fourth-order valence-electron chi connectivity index (χ4n) is 2.59. The second kappa shape index (κ2) is 6.18. The van der Waals surface area contributed by atoms with Gasteiger partial charge in [0, 0.05) is 44.6 Å². The Kier molecular flexibility index (Phi) is 4.10. The molecule has 0 unspecified atom stereocenters. The Morgan fingerprint density at radius 3 is 2.67 bits per heavy atom. The lowest BCUT2D eigenvalue weighted by Gasteiger charge is -2.34. The van der Waals surface area contributed by atoms with Gasteiger partial charge >= 0.3 is 0 Å². The van der Waals surface area contributed by atoms with Crippen molar-refractivity contribution in [3.63, 3.8) is 0 Å². The van der Waals surface area contributed by atoms with Crippen molar-refractivity contribution in [2.45, 2.75) is 13.5 Å². The molecule has 21 heavy (non-hydrogen) atoms. The van der Waals surface area contributed by atoms with Crippen LogP contribution in [-0.2, 0) is 6.54 Å². The van der Waals surface area contributed by atoms with Crippen molar-refractivity contribution in [2.75, 3.05) is 31.1 Å². The maximum Gasteiger partial charge on any atom is 0.225 e. The maximum atomic E-state index is 13.2. The van der Waals surface area contributed by atoms with E-state index in [9.17, 15) is 4.39 Å². The third-order valence-corrected chi connectivity index (χ3v) is 3.73. The van der Waals surface area contributed by atoms with Crippen molar-refractivity contribution < 1.29 is 4.39 Å². The van der Waals surface area contributed by atoms with Gasteiger partial charge in [0.25, 0.3) is 0 Å². The van der Waals surface area contributed by atoms with Gasteiger partial charge in [-0.05, 0) is 30.7 Å². The average molecular weight is 286 g/mol. The highest BCUT2D eigenvalue weighted by atomic mass is 19.1. The van der Waals surface area contributed by atoms with E-state index in [0.29, 0.717) is 0 Å². The van der Waals surface area contributed by atoms with E-state index in [4.69, 9.17) is 0 Å². The number of piperazine rings is 1. The molecule has 0 radical (unpaired) electrons. The molecule has 1 saturated heterocycles. The molecule has 0 saturated carbocycles. The van der Waals surface area contributed by atoms with Gasteiger partial charge in [0.05, 0.1) is 0 Å². The predicted octanol–water partition coefficient (Wildman–Crippen LogP) is 2.25. The molecule has 1 aliphatic rings. The molecule has 0 spiro atoms. The summed E-state index contributed by atoms with van der Waals surface area (Å²) in [6.45, 7) is 6.45. The highest BCUT2D eigenvalue weighted by Crippen LogP contribution is 2.13. The van der Waals surface area contributed by atoms with Crippen LogP contribution >= 0.6 is 0 Å². The number of halogens is 1. The average Bonchev–Trinajstić information content (AvgIpc) is 2.48. The van der Waals surface area contributed by atoms with Crippen LogP contribution in [-0.4, -0.2) is 41.0 Å². The van der Waals surface area contributed by atoms with Gasteiger partial charge in [-0.15, -0.1) is 0 Å². The highest BCUT2D eigenvalue weighted by Gasteiger charge is 2.19. The van der Waals surface area contributed by atoms with E-state index >= 15 is 0 Å². The Morgan fingerprint density at radius 2 is 1.95 bits per heavy atom. The zero-order valence-electron chi connectivity index (χ0n) is 12.2. The summed E-state index contributed by atoms with van der Waals surface area (Å²) in [5.74, 6) is 0.639. The quantitative estimate of drug-likeness (QED) is 0.866. The minimum Gasteiger partial charge on any atom is -0.338 e. The summed E-state index contributed by atoms with van der Waals surface area (Å²) >= 11 is 0. The Labute approximate surface area is 124 Å². The van der Waals surface area contributed by atoms with Gasteiger partial charge in [-0.25, -0.2) is 14.4 Å². The molecule has 2 aromatic rings. The van der Waals surface area contributed by atoms with Crippen molar-refractivity contribution in [1.29, 1.82) is 0 Å². The summed E-state index contributed by atoms with van der Waals surface area (Å²) in [7, 11) is 0. The topological polar surface area (TPSA) is 32.3 Å². The van der Waals surface area contributed by atoms with Crippen LogP contribution in [0.15, 0.2) is 36.5 Å².